The lowest BCUT2D eigenvalue weighted by Crippen LogP contribution is -2.68. The lowest BCUT2D eigenvalue weighted by Gasteiger charge is -2.62. The third kappa shape index (κ3) is 2.00. The molecule has 7 atom stereocenters. The standard InChI is InChI=1S/C22H29FO4/c1-12-9-17-15-6-8-21(27,13(2)24)20(15,4)11-18(26)22(17,23)19(3)7-5-14(25)10-16(12)19/h9-10,15,17-18,26-27H,5-8,11H2,1-4H3/t15-,17-,18-,19-,20-,21-,22-/m0/s1. The molecule has 0 bridgehead atoms. The van der Waals surface area contributed by atoms with Gasteiger partial charge >= 0.3 is 0 Å². The Labute approximate surface area is 159 Å². The average Bonchev–Trinajstić information content (AvgIpc) is 2.85. The van der Waals surface area contributed by atoms with Crippen LogP contribution in [-0.4, -0.2) is 39.2 Å². The molecule has 0 aromatic rings. The van der Waals surface area contributed by atoms with Crippen molar-refractivity contribution in [2.45, 2.75) is 77.2 Å². The lowest BCUT2D eigenvalue weighted by atomic mass is 9.44. The van der Waals surface area contributed by atoms with Gasteiger partial charge in [-0.2, -0.15) is 0 Å². The fourth-order valence-corrected chi connectivity index (χ4v) is 6.99. The van der Waals surface area contributed by atoms with Gasteiger partial charge in [0.1, 0.15) is 5.60 Å². The fourth-order valence-electron chi connectivity index (χ4n) is 6.99. The van der Waals surface area contributed by atoms with E-state index in [9.17, 15) is 19.8 Å². The SMILES string of the molecule is CC(=O)[C@@]1(O)CC[C@H]2[C@@H]3C=C(C)C4=CC(=O)CC[C@]4(C)[C@@]3(F)[C@@H](O)C[C@@]21C. The Balaban J connectivity index is 1.91. The second-order valence-electron chi connectivity index (χ2n) is 9.70. The normalized spacial score (nSPS) is 51.7. The highest BCUT2D eigenvalue weighted by Crippen LogP contribution is 2.69. The van der Waals surface area contributed by atoms with Crippen molar-refractivity contribution in [1.29, 1.82) is 0 Å². The molecule has 0 unspecified atom stereocenters. The van der Waals surface area contributed by atoms with Crippen LogP contribution in [0.15, 0.2) is 23.3 Å². The first kappa shape index (κ1) is 19.0. The first-order valence-electron chi connectivity index (χ1n) is 9.96. The Bertz CT molecular complexity index is 800. The summed E-state index contributed by atoms with van der Waals surface area (Å²) in [5.41, 5.74) is -3.68. The van der Waals surface area contributed by atoms with Gasteiger partial charge in [-0.25, -0.2) is 4.39 Å². The zero-order valence-electron chi connectivity index (χ0n) is 16.5. The Hall–Kier alpha value is -1.33. The maximum absolute atomic E-state index is 16.9. The summed E-state index contributed by atoms with van der Waals surface area (Å²) in [4.78, 5) is 24.3. The number of allylic oxidation sites excluding steroid dienone is 4. The van der Waals surface area contributed by atoms with Crippen LogP contribution in [0.5, 0.6) is 0 Å². The number of halogens is 1. The molecule has 148 valence electrons. The molecule has 4 aliphatic carbocycles. The van der Waals surface area contributed by atoms with Gasteiger partial charge in [0.15, 0.2) is 17.2 Å². The van der Waals surface area contributed by atoms with Crippen molar-refractivity contribution >= 4 is 11.6 Å². The van der Waals surface area contributed by atoms with E-state index in [1.54, 1.807) is 6.08 Å². The second kappa shape index (κ2) is 5.38. The predicted octanol–water partition coefficient (Wildman–Crippen LogP) is 3.07. The molecule has 0 radical (unpaired) electrons. The molecule has 4 aliphatic rings. The van der Waals surface area contributed by atoms with E-state index in [0.29, 0.717) is 24.8 Å². The summed E-state index contributed by atoms with van der Waals surface area (Å²) < 4.78 is 16.9. The molecule has 4 rings (SSSR count). The van der Waals surface area contributed by atoms with Gasteiger partial charge in [0, 0.05) is 23.2 Å². The molecule has 0 spiro atoms. The second-order valence-corrected chi connectivity index (χ2v) is 9.70. The van der Waals surface area contributed by atoms with Crippen molar-refractivity contribution in [3.63, 3.8) is 0 Å². The summed E-state index contributed by atoms with van der Waals surface area (Å²) >= 11 is 0. The highest BCUT2D eigenvalue weighted by molar-refractivity contribution is 5.93. The lowest BCUT2D eigenvalue weighted by molar-refractivity contribution is -0.209. The molecule has 2 fully saturated rings. The molecule has 4 nitrogen and oxygen atoms in total. The van der Waals surface area contributed by atoms with Gasteiger partial charge in [-0.15, -0.1) is 0 Å². The molecule has 0 amide bonds. The van der Waals surface area contributed by atoms with Crippen LogP contribution in [0.4, 0.5) is 4.39 Å². The molecule has 27 heavy (non-hydrogen) atoms. The van der Waals surface area contributed by atoms with E-state index in [2.05, 4.69) is 0 Å². The molecule has 0 heterocycles. The maximum Gasteiger partial charge on any atom is 0.161 e. The zero-order chi connectivity index (χ0) is 20.0. The third-order valence-corrected chi connectivity index (χ3v) is 8.65. The molecule has 5 heteroatoms. The Morgan fingerprint density at radius 3 is 2.59 bits per heavy atom. The smallest absolute Gasteiger partial charge is 0.161 e. The highest BCUT2D eigenvalue weighted by Gasteiger charge is 2.73. The largest absolute Gasteiger partial charge is 0.390 e. The molecular formula is C22H29FO4. The van der Waals surface area contributed by atoms with Gasteiger partial charge < -0.3 is 10.2 Å². The average molecular weight is 376 g/mol. The molecule has 0 aliphatic heterocycles. The molecular weight excluding hydrogens is 347 g/mol. The summed E-state index contributed by atoms with van der Waals surface area (Å²) in [7, 11) is 0. The van der Waals surface area contributed by atoms with Crippen LogP contribution in [0, 0.1) is 22.7 Å². The Morgan fingerprint density at radius 1 is 1.30 bits per heavy atom. The van der Waals surface area contributed by atoms with Gasteiger partial charge in [0.2, 0.25) is 0 Å². The summed E-state index contributed by atoms with van der Waals surface area (Å²) in [5.74, 6) is -1.13. The van der Waals surface area contributed by atoms with Crippen LogP contribution in [-0.2, 0) is 9.59 Å². The number of Topliss-reactive ketones (excluding diaryl/α,β-unsaturated/α-hetero) is 1. The van der Waals surface area contributed by atoms with Crippen molar-refractivity contribution < 1.29 is 24.2 Å². The van der Waals surface area contributed by atoms with E-state index in [4.69, 9.17) is 0 Å². The first-order valence-corrected chi connectivity index (χ1v) is 9.96. The van der Waals surface area contributed by atoms with E-state index in [1.165, 1.54) is 6.92 Å². The van der Waals surface area contributed by atoms with Gasteiger partial charge in [-0.3, -0.25) is 9.59 Å². The summed E-state index contributed by atoms with van der Waals surface area (Å²) in [6, 6.07) is 0. The number of aliphatic hydroxyl groups is 2. The van der Waals surface area contributed by atoms with Crippen LogP contribution in [0.1, 0.15) is 59.8 Å². The van der Waals surface area contributed by atoms with Crippen LogP contribution in [0.25, 0.3) is 0 Å². The summed E-state index contributed by atoms with van der Waals surface area (Å²) in [5, 5.41) is 22.3. The van der Waals surface area contributed by atoms with E-state index >= 15 is 4.39 Å². The zero-order valence-corrected chi connectivity index (χ0v) is 16.5. The number of hydrogen-bond acceptors (Lipinski definition) is 4. The number of aliphatic hydroxyl groups excluding tert-OH is 1. The summed E-state index contributed by atoms with van der Waals surface area (Å²) in [6.07, 6.45) is 3.63. The van der Waals surface area contributed by atoms with E-state index in [-0.39, 0.29) is 30.3 Å². The quantitative estimate of drug-likeness (QED) is 0.738. The van der Waals surface area contributed by atoms with Crippen molar-refractivity contribution in [2.75, 3.05) is 0 Å². The summed E-state index contributed by atoms with van der Waals surface area (Å²) in [6.45, 7) is 6.93. The van der Waals surface area contributed by atoms with Crippen molar-refractivity contribution in [2.24, 2.45) is 22.7 Å². The number of carbonyl (C=O) groups excluding carboxylic acids is 2. The van der Waals surface area contributed by atoms with Gasteiger partial charge in [0.05, 0.1) is 6.10 Å². The fraction of sp³-hybridized carbons (Fsp3) is 0.727. The minimum absolute atomic E-state index is 0.000709. The Morgan fingerprint density at radius 2 is 1.96 bits per heavy atom. The van der Waals surface area contributed by atoms with Crippen LogP contribution < -0.4 is 0 Å². The van der Waals surface area contributed by atoms with Gasteiger partial charge in [0.25, 0.3) is 0 Å². The van der Waals surface area contributed by atoms with Crippen LogP contribution >= 0.6 is 0 Å². The van der Waals surface area contributed by atoms with E-state index < -0.39 is 34.1 Å². The maximum atomic E-state index is 16.9. The monoisotopic (exact) mass is 376 g/mol. The molecule has 0 aromatic heterocycles. The Kier molecular flexibility index (Phi) is 3.79. The minimum atomic E-state index is -1.91. The van der Waals surface area contributed by atoms with Crippen molar-refractivity contribution in [1.82, 2.24) is 0 Å². The van der Waals surface area contributed by atoms with Gasteiger partial charge in [-0.1, -0.05) is 25.5 Å². The topological polar surface area (TPSA) is 74.6 Å². The molecule has 2 N–H and O–H groups in total. The van der Waals surface area contributed by atoms with Crippen molar-refractivity contribution in [3.05, 3.63) is 23.3 Å². The van der Waals surface area contributed by atoms with E-state index in [1.807, 2.05) is 26.8 Å². The van der Waals surface area contributed by atoms with Crippen molar-refractivity contribution in [3.8, 4) is 0 Å². The van der Waals surface area contributed by atoms with Gasteiger partial charge in [-0.05, 0) is 57.1 Å². The number of hydrogen-bond donors (Lipinski definition) is 2. The minimum Gasteiger partial charge on any atom is -0.390 e. The van der Waals surface area contributed by atoms with E-state index in [0.717, 1.165) is 5.57 Å². The molecule has 0 saturated heterocycles. The number of rotatable bonds is 1. The van der Waals surface area contributed by atoms with Crippen LogP contribution in [0.3, 0.4) is 0 Å². The van der Waals surface area contributed by atoms with Crippen LogP contribution in [0.2, 0.25) is 0 Å². The predicted molar refractivity (Wildman–Crippen MR) is 98.6 cm³/mol. The number of fused-ring (bicyclic) bond motifs is 5. The number of alkyl halides is 1. The first-order chi connectivity index (χ1) is 12.4. The molecule has 0 aromatic carbocycles. The third-order valence-electron chi connectivity index (χ3n) is 8.65. The highest BCUT2D eigenvalue weighted by atomic mass is 19.1. The molecule has 2 saturated carbocycles. The number of carbonyl (C=O) groups is 2. The number of ketones is 2.